The molecule has 0 bridgehead atoms. The van der Waals surface area contributed by atoms with Crippen molar-refractivity contribution in [3.8, 4) is 6.01 Å². The second kappa shape index (κ2) is 6.04. The van der Waals surface area contributed by atoms with Gasteiger partial charge in [-0.3, -0.25) is 9.48 Å². The van der Waals surface area contributed by atoms with Crippen molar-refractivity contribution in [1.82, 2.24) is 24.6 Å². The normalized spacial score (nSPS) is 23.0. The third-order valence-electron chi connectivity index (χ3n) is 5.21. The summed E-state index contributed by atoms with van der Waals surface area (Å²) in [6.07, 6.45) is 6.78. The van der Waals surface area contributed by atoms with Crippen LogP contribution in [0.4, 0.5) is 0 Å². The van der Waals surface area contributed by atoms with Crippen LogP contribution in [-0.4, -0.2) is 69.2 Å². The summed E-state index contributed by atoms with van der Waals surface area (Å²) in [5.74, 6) is -0.267. The van der Waals surface area contributed by atoms with Crippen LogP contribution < -0.4 is 4.74 Å². The molecule has 2 aromatic rings. The van der Waals surface area contributed by atoms with Crippen molar-refractivity contribution in [1.29, 1.82) is 0 Å². The first-order valence-electron chi connectivity index (χ1n) is 8.31. The van der Waals surface area contributed by atoms with Gasteiger partial charge in [-0.05, 0) is 12.5 Å². The molecule has 4 heterocycles. The molecular weight excluding hydrogens is 358 g/mol. The minimum atomic E-state index is -3.28. The highest BCUT2D eigenvalue weighted by Crippen LogP contribution is 2.45. The van der Waals surface area contributed by atoms with E-state index in [1.165, 1.54) is 6.20 Å². The highest BCUT2D eigenvalue weighted by molar-refractivity contribution is 7.93. The number of sulfone groups is 1. The van der Waals surface area contributed by atoms with Gasteiger partial charge in [0.05, 0.1) is 24.1 Å². The van der Waals surface area contributed by atoms with Gasteiger partial charge in [-0.2, -0.15) is 5.10 Å². The first-order valence-corrected chi connectivity index (χ1v) is 9.96. The molecule has 0 N–H and O–H groups in total. The number of nitrogens with zero attached hydrogens (tertiary/aromatic N) is 5. The number of amides is 1. The van der Waals surface area contributed by atoms with Crippen molar-refractivity contribution >= 4 is 15.7 Å². The first kappa shape index (κ1) is 17.0. The topological polar surface area (TPSA) is 107 Å². The molecular formula is C16H19N5O4S. The minimum absolute atomic E-state index is 0.117. The molecule has 2 aromatic heterocycles. The molecule has 2 aliphatic heterocycles. The summed E-state index contributed by atoms with van der Waals surface area (Å²) in [5.41, 5.74) is 0.461. The van der Waals surface area contributed by atoms with Crippen molar-refractivity contribution in [2.75, 3.05) is 25.4 Å². The summed E-state index contributed by atoms with van der Waals surface area (Å²) in [6.45, 7) is 0.595. The van der Waals surface area contributed by atoms with Crippen molar-refractivity contribution in [2.45, 2.75) is 11.2 Å². The van der Waals surface area contributed by atoms with E-state index in [0.29, 0.717) is 12.0 Å². The Labute approximate surface area is 150 Å². The van der Waals surface area contributed by atoms with E-state index in [0.717, 1.165) is 0 Å². The first-order chi connectivity index (χ1) is 12.4. The Balaban J connectivity index is 1.47. The Morgan fingerprint density at radius 1 is 1.35 bits per heavy atom. The lowest BCUT2D eigenvalue weighted by molar-refractivity contribution is 0.0403. The zero-order valence-electron chi connectivity index (χ0n) is 14.3. The summed E-state index contributed by atoms with van der Waals surface area (Å²) in [4.78, 5) is 22.1. The molecule has 1 unspecified atom stereocenters. The second-order valence-electron chi connectivity index (χ2n) is 6.78. The van der Waals surface area contributed by atoms with Gasteiger partial charge in [0.2, 0.25) is 0 Å². The van der Waals surface area contributed by atoms with Gasteiger partial charge in [0, 0.05) is 44.6 Å². The summed E-state index contributed by atoms with van der Waals surface area (Å²) < 4.78 is 31.5. The Morgan fingerprint density at radius 2 is 2.08 bits per heavy atom. The number of aryl methyl sites for hydroxylation is 1. The third-order valence-corrected chi connectivity index (χ3v) is 7.81. The summed E-state index contributed by atoms with van der Waals surface area (Å²) >= 11 is 0. The van der Waals surface area contributed by atoms with E-state index >= 15 is 0 Å². The Kier molecular flexibility index (Phi) is 3.94. The second-order valence-corrected chi connectivity index (χ2v) is 9.23. The number of aromatic nitrogens is 4. The van der Waals surface area contributed by atoms with Crippen LogP contribution in [0.1, 0.15) is 16.8 Å². The van der Waals surface area contributed by atoms with Gasteiger partial charge in [-0.25, -0.2) is 18.4 Å². The quantitative estimate of drug-likeness (QED) is 0.733. The summed E-state index contributed by atoms with van der Waals surface area (Å²) in [6, 6.07) is 1.91. The van der Waals surface area contributed by atoms with Gasteiger partial charge in [-0.1, -0.05) is 0 Å². The van der Waals surface area contributed by atoms with Crippen molar-refractivity contribution in [3.05, 3.63) is 36.4 Å². The van der Waals surface area contributed by atoms with E-state index in [9.17, 15) is 13.2 Å². The van der Waals surface area contributed by atoms with E-state index < -0.39 is 14.6 Å². The molecule has 0 saturated carbocycles. The van der Waals surface area contributed by atoms with E-state index in [-0.39, 0.29) is 43.3 Å². The molecule has 0 aromatic carbocycles. The lowest BCUT2D eigenvalue weighted by Gasteiger charge is -2.49. The molecule has 4 rings (SSSR count). The molecule has 10 heteroatoms. The molecule has 0 radical (unpaired) electrons. The van der Waals surface area contributed by atoms with Crippen molar-refractivity contribution < 1.29 is 17.9 Å². The third kappa shape index (κ3) is 2.64. The smallest absolute Gasteiger partial charge is 0.316 e. The van der Waals surface area contributed by atoms with Crippen LogP contribution in [0.25, 0.3) is 0 Å². The molecule has 1 spiro atoms. The molecule has 2 aliphatic rings. The molecule has 1 amide bonds. The molecule has 0 aliphatic carbocycles. The van der Waals surface area contributed by atoms with Gasteiger partial charge < -0.3 is 9.64 Å². The zero-order valence-corrected chi connectivity index (χ0v) is 15.1. The van der Waals surface area contributed by atoms with Crippen LogP contribution >= 0.6 is 0 Å². The summed E-state index contributed by atoms with van der Waals surface area (Å²) in [5, 5.41) is 3.99. The molecule has 9 nitrogen and oxygen atoms in total. The van der Waals surface area contributed by atoms with Crippen LogP contribution in [0.5, 0.6) is 6.01 Å². The molecule has 2 saturated heterocycles. The Morgan fingerprint density at radius 3 is 2.73 bits per heavy atom. The standard InChI is InChI=1S/C16H19N5O4S/c1-20-8-12(7-19-20)14(22)21-10-16(11-21)13(3-6-26(16,23)24)9-25-15-17-4-2-5-18-15/h2,4-5,7-8,13H,3,6,9-11H2,1H3. The van der Waals surface area contributed by atoms with Gasteiger partial charge in [0.1, 0.15) is 4.75 Å². The van der Waals surface area contributed by atoms with Crippen LogP contribution in [0.2, 0.25) is 0 Å². The maximum absolute atomic E-state index is 12.7. The van der Waals surface area contributed by atoms with Crippen molar-refractivity contribution in [2.24, 2.45) is 13.0 Å². The maximum atomic E-state index is 12.7. The van der Waals surface area contributed by atoms with E-state index in [2.05, 4.69) is 15.1 Å². The number of carbonyl (C=O) groups excluding carboxylic acids is 1. The fourth-order valence-corrected chi connectivity index (χ4v) is 6.10. The summed E-state index contributed by atoms with van der Waals surface area (Å²) in [7, 11) is -1.55. The number of likely N-dealkylation sites (tertiary alicyclic amines) is 1. The average Bonchev–Trinajstić information content (AvgIpc) is 3.13. The van der Waals surface area contributed by atoms with E-state index in [4.69, 9.17) is 4.74 Å². The highest BCUT2D eigenvalue weighted by Gasteiger charge is 2.62. The van der Waals surface area contributed by atoms with Gasteiger partial charge in [0.15, 0.2) is 9.84 Å². The van der Waals surface area contributed by atoms with E-state index in [1.54, 1.807) is 41.3 Å². The Bertz CT molecular complexity index is 921. The SMILES string of the molecule is Cn1cc(C(=O)N2CC3(C2)C(COc2ncccn2)CCS3(=O)=O)cn1. The van der Waals surface area contributed by atoms with Gasteiger partial charge >= 0.3 is 6.01 Å². The minimum Gasteiger partial charge on any atom is -0.463 e. The molecule has 2 fully saturated rings. The number of hydrogen-bond donors (Lipinski definition) is 0. The number of carbonyl (C=O) groups is 1. The molecule has 138 valence electrons. The predicted molar refractivity (Wildman–Crippen MR) is 91.3 cm³/mol. The fraction of sp³-hybridized carbons (Fsp3) is 0.500. The van der Waals surface area contributed by atoms with E-state index in [1.807, 2.05) is 0 Å². The largest absolute Gasteiger partial charge is 0.463 e. The van der Waals surface area contributed by atoms with Gasteiger partial charge in [-0.15, -0.1) is 0 Å². The fourth-order valence-electron chi connectivity index (χ4n) is 3.70. The monoisotopic (exact) mass is 377 g/mol. The number of hydrogen-bond acceptors (Lipinski definition) is 7. The molecule has 26 heavy (non-hydrogen) atoms. The number of ether oxygens (including phenoxy) is 1. The predicted octanol–water partition coefficient (Wildman–Crippen LogP) is -0.0816. The Hall–Kier alpha value is -2.49. The lowest BCUT2D eigenvalue weighted by Crippen LogP contribution is -2.68. The lowest BCUT2D eigenvalue weighted by atomic mass is 9.83. The van der Waals surface area contributed by atoms with Gasteiger partial charge in [0.25, 0.3) is 5.91 Å². The average molecular weight is 377 g/mol. The maximum Gasteiger partial charge on any atom is 0.316 e. The van der Waals surface area contributed by atoms with Crippen LogP contribution in [-0.2, 0) is 16.9 Å². The van der Waals surface area contributed by atoms with Crippen LogP contribution in [0, 0.1) is 5.92 Å². The zero-order chi connectivity index (χ0) is 18.4. The number of rotatable bonds is 4. The van der Waals surface area contributed by atoms with Crippen molar-refractivity contribution in [3.63, 3.8) is 0 Å². The van der Waals surface area contributed by atoms with Crippen LogP contribution in [0.3, 0.4) is 0 Å². The molecule has 1 atom stereocenters. The highest BCUT2D eigenvalue weighted by atomic mass is 32.2. The van der Waals surface area contributed by atoms with Crippen LogP contribution in [0.15, 0.2) is 30.9 Å².